The number of amides is 4. The van der Waals surface area contributed by atoms with Crippen molar-refractivity contribution in [1.29, 1.82) is 0 Å². The largest absolute Gasteiger partial charge is 0.376 e. The molecule has 2 atom stereocenters. The van der Waals surface area contributed by atoms with Crippen LogP contribution in [-0.2, 0) is 19.1 Å². The fourth-order valence-electron chi connectivity index (χ4n) is 5.88. The fraction of sp³-hybridized carbons (Fsp3) is 0.500. The van der Waals surface area contributed by atoms with Crippen LogP contribution in [0.25, 0.3) is 0 Å². The Morgan fingerprint density at radius 1 is 0.595 bits per heavy atom. The Morgan fingerprint density at radius 3 is 1.38 bits per heavy atom. The Labute approximate surface area is 246 Å². The van der Waals surface area contributed by atoms with Gasteiger partial charge in [-0.25, -0.2) is 0 Å². The summed E-state index contributed by atoms with van der Waals surface area (Å²) >= 11 is 0. The van der Waals surface area contributed by atoms with Crippen LogP contribution in [0.3, 0.4) is 0 Å². The molecule has 0 radical (unpaired) electrons. The number of hydrogen-bond donors (Lipinski definition) is 4. The Hall–Kier alpha value is -3.76. The van der Waals surface area contributed by atoms with E-state index in [4.69, 9.17) is 9.47 Å². The molecule has 3 aliphatic rings. The number of hydrogen-bond acceptors (Lipinski definition) is 6. The second-order valence-corrected chi connectivity index (χ2v) is 11.3. The van der Waals surface area contributed by atoms with Crippen molar-refractivity contribution < 1.29 is 28.7 Å². The summed E-state index contributed by atoms with van der Waals surface area (Å²) in [7, 11) is 0. The fourth-order valence-corrected chi connectivity index (χ4v) is 5.88. The molecule has 1 aliphatic carbocycles. The molecule has 2 aromatic rings. The number of anilines is 2. The van der Waals surface area contributed by atoms with Crippen LogP contribution in [0.15, 0.2) is 48.5 Å². The SMILES string of the molecule is O=C(NCC1CCCO1)c1ccccc1NC(=O)C1CCC(C(=O)Nc2ccccc2C(=O)NCC2CCCO2)CC1. The van der Waals surface area contributed by atoms with Crippen LogP contribution in [0, 0.1) is 11.8 Å². The minimum atomic E-state index is -0.257. The van der Waals surface area contributed by atoms with E-state index < -0.39 is 0 Å². The van der Waals surface area contributed by atoms with Crippen LogP contribution in [0.1, 0.15) is 72.1 Å². The molecule has 10 nitrogen and oxygen atoms in total. The highest BCUT2D eigenvalue weighted by Crippen LogP contribution is 2.31. The van der Waals surface area contributed by atoms with Gasteiger partial charge in [0, 0.05) is 38.1 Å². The maximum Gasteiger partial charge on any atom is 0.253 e. The number of rotatable bonds is 10. The maximum atomic E-state index is 13.1. The van der Waals surface area contributed by atoms with E-state index in [-0.39, 0.29) is 47.7 Å². The maximum absolute atomic E-state index is 13.1. The van der Waals surface area contributed by atoms with Crippen molar-refractivity contribution in [3.8, 4) is 0 Å². The molecule has 0 aromatic heterocycles. The highest BCUT2D eigenvalue weighted by Gasteiger charge is 2.31. The van der Waals surface area contributed by atoms with Gasteiger partial charge in [-0.2, -0.15) is 0 Å². The van der Waals surface area contributed by atoms with Gasteiger partial charge in [-0.15, -0.1) is 0 Å². The standard InChI is InChI=1S/C32H40N4O6/c37-29(35-27-11-3-1-9-25(27)31(39)33-19-23-7-5-17-41-23)21-13-15-22(16-14-21)30(38)36-28-12-4-2-10-26(28)32(40)34-20-24-8-6-18-42-24/h1-4,9-12,21-24H,5-8,13-20H2,(H,33,39)(H,34,40)(H,35,37)(H,36,38). The van der Waals surface area contributed by atoms with Crippen LogP contribution in [0.4, 0.5) is 11.4 Å². The topological polar surface area (TPSA) is 135 Å². The summed E-state index contributed by atoms with van der Waals surface area (Å²) in [5, 5.41) is 11.7. The average Bonchev–Trinajstić information content (AvgIpc) is 3.74. The number of para-hydroxylation sites is 2. The third kappa shape index (κ3) is 7.74. The predicted octanol–water partition coefficient (Wildman–Crippen LogP) is 3.89. The number of nitrogens with one attached hydrogen (secondary N) is 4. The molecular weight excluding hydrogens is 536 g/mol. The minimum Gasteiger partial charge on any atom is -0.376 e. The van der Waals surface area contributed by atoms with Gasteiger partial charge in [0.05, 0.1) is 34.7 Å². The van der Waals surface area contributed by atoms with Crippen LogP contribution < -0.4 is 21.3 Å². The molecular formula is C32H40N4O6. The van der Waals surface area contributed by atoms with Gasteiger partial charge in [-0.1, -0.05) is 24.3 Å². The van der Waals surface area contributed by atoms with Gasteiger partial charge in [0.25, 0.3) is 11.8 Å². The number of benzene rings is 2. The molecule has 42 heavy (non-hydrogen) atoms. The quantitative estimate of drug-likeness (QED) is 0.339. The lowest BCUT2D eigenvalue weighted by Gasteiger charge is -2.27. The number of carbonyl (C=O) groups excluding carboxylic acids is 4. The molecule has 3 fully saturated rings. The van der Waals surface area contributed by atoms with Gasteiger partial charge in [0.15, 0.2) is 0 Å². The molecule has 10 heteroatoms. The van der Waals surface area contributed by atoms with Gasteiger partial charge < -0.3 is 30.7 Å². The zero-order valence-corrected chi connectivity index (χ0v) is 23.9. The predicted molar refractivity (Wildman–Crippen MR) is 158 cm³/mol. The Balaban J connectivity index is 1.11. The molecule has 1 saturated carbocycles. The zero-order valence-electron chi connectivity index (χ0n) is 23.9. The third-order valence-corrected chi connectivity index (χ3v) is 8.36. The molecule has 5 rings (SSSR count). The first kappa shape index (κ1) is 29.7. The zero-order chi connectivity index (χ0) is 29.3. The Bertz CT molecular complexity index is 1170. The first-order chi connectivity index (χ1) is 20.5. The smallest absolute Gasteiger partial charge is 0.253 e. The van der Waals surface area contributed by atoms with Gasteiger partial charge in [0.2, 0.25) is 11.8 Å². The van der Waals surface area contributed by atoms with E-state index in [9.17, 15) is 19.2 Å². The molecule has 2 aromatic carbocycles. The van der Waals surface area contributed by atoms with E-state index >= 15 is 0 Å². The summed E-state index contributed by atoms with van der Waals surface area (Å²) in [5.41, 5.74) is 1.77. The highest BCUT2D eigenvalue weighted by atomic mass is 16.5. The molecule has 2 aliphatic heterocycles. The molecule has 0 bridgehead atoms. The Morgan fingerprint density at radius 2 is 1.00 bits per heavy atom. The second-order valence-electron chi connectivity index (χ2n) is 11.3. The van der Waals surface area contributed by atoms with Gasteiger partial charge in [-0.3, -0.25) is 19.2 Å². The van der Waals surface area contributed by atoms with Crippen LogP contribution >= 0.6 is 0 Å². The first-order valence-corrected chi connectivity index (χ1v) is 15.1. The summed E-state index contributed by atoms with van der Waals surface area (Å²) in [5.74, 6) is -1.31. The minimum absolute atomic E-state index is 0.0328. The van der Waals surface area contributed by atoms with E-state index in [2.05, 4.69) is 21.3 Å². The first-order valence-electron chi connectivity index (χ1n) is 15.1. The van der Waals surface area contributed by atoms with Crippen molar-refractivity contribution in [2.24, 2.45) is 11.8 Å². The van der Waals surface area contributed by atoms with Crippen molar-refractivity contribution in [2.75, 3.05) is 36.9 Å². The lowest BCUT2D eigenvalue weighted by atomic mass is 9.81. The van der Waals surface area contributed by atoms with Gasteiger partial charge in [-0.05, 0) is 75.6 Å². The van der Waals surface area contributed by atoms with Crippen LogP contribution in [-0.4, -0.2) is 62.1 Å². The summed E-state index contributed by atoms with van der Waals surface area (Å²) in [6.07, 6.45) is 6.14. The summed E-state index contributed by atoms with van der Waals surface area (Å²) < 4.78 is 11.2. The van der Waals surface area contributed by atoms with Crippen molar-refractivity contribution in [3.05, 3.63) is 59.7 Å². The third-order valence-electron chi connectivity index (χ3n) is 8.36. The summed E-state index contributed by atoms with van der Waals surface area (Å²) in [4.78, 5) is 51.9. The number of ether oxygens (including phenoxy) is 2. The van der Waals surface area contributed by atoms with E-state index in [0.717, 1.165) is 38.9 Å². The molecule has 2 saturated heterocycles. The Kier molecular flexibility index (Phi) is 10.2. The highest BCUT2D eigenvalue weighted by molar-refractivity contribution is 6.05. The number of carbonyl (C=O) groups is 4. The average molecular weight is 577 g/mol. The van der Waals surface area contributed by atoms with Gasteiger partial charge in [0.1, 0.15) is 0 Å². The normalized spacial score (nSPS) is 23.6. The summed E-state index contributed by atoms with van der Waals surface area (Å²) in [6, 6.07) is 14.0. The second kappa shape index (κ2) is 14.4. The van der Waals surface area contributed by atoms with E-state index in [0.29, 0.717) is 61.3 Å². The van der Waals surface area contributed by atoms with E-state index in [1.54, 1.807) is 48.5 Å². The molecule has 2 heterocycles. The van der Waals surface area contributed by atoms with E-state index in [1.165, 1.54) is 0 Å². The van der Waals surface area contributed by atoms with Crippen LogP contribution in [0.5, 0.6) is 0 Å². The molecule has 4 N–H and O–H groups in total. The molecule has 2 unspecified atom stereocenters. The van der Waals surface area contributed by atoms with Crippen molar-refractivity contribution in [2.45, 2.75) is 63.6 Å². The molecule has 4 amide bonds. The molecule has 0 spiro atoms. The van der Waals surface area contributed by atoms with Crippen LogP contribution in [0.2, 0.25) is 0 Å². The molecule has 224 valence electrons. The van der Waals surface area contributed by atoms with Gasteiger partial charge >= 0.3 is 0 Å². The summed E-state index contributed by atoms with van der Waals surface area (Å²) in [6.45, 7) is 2.33. The lowest BCUT2D eigenvalue weighted by molar-refractivity contribution is -0.125. The van der Waals surface area contributed by atoms with Crippen molar-refractivity contribution in [3.63, 3.8) is 0 Å². The lowest BCUT2D eigenvalue weighted by Crippen LogP contribution is -2.34. The van der Waals surface area contributed by atoms with E-state index in [1.807, 2.05) is 0 Å². The monoisotopic (exact) mass is 576 g/mol. The van der Waals surface area contributed by atoms with Crippen molar-refractivity contribution in [1.82, 2.24) is 10.6 Å². The van der Waals surface area contributed by atoms with Crippen molar-refractivity contribution >= 4 is 35.0 Å².